The monoisotopic (exact) mass is 407 g/mol. The highest BCUT2D eigenvalue weighted by molar-refractivity contribution is 6.51. The van der Waals surface area contributed by atoms with E-state index in [1.807, 2.05) is 0 Å². The van der Waals surface area contributed by atoms with Crippen LogP contribution in [-0.2, 0) is 9.59 Å². The number of methoxy groups -OCH3 is 1. The number of furan rings is 1. The minimum Gasteiger partial charge on any atom is -0.507 e. The highest BCUT2D eigenvalue weighted by Gasteiger charge is 2.48. The third-order valence-corrected chi connectivity index (χ3v) is 5.02. The number of Topliss-reactive ketones (excluding diaryl/α,β-unsaturated/α-hetero) is 1. The summed E-state index contributed by atoms with van der Waals surface area (Å²) < 4.78 is 24.4. The van der Waals surface area contributed by atoms with Crippen LogP contribution in [0.25, 0.3) is 5.76 Å². The Hall–Kier alpha value is -3.87. The molecule has 1 fully saturated rings. The fourth-order valence-corrected chi connectivity index (χ4v) is 3.52. The zero-order chi connectivity index (χ0) is 21.4. The zero-order valence-electron chi connectivity index (χ0n) is 16.3. The van der Waals surface area contributed by atoms with Crippen molar-refractivity contribution in [2.75, 3.05) is 12.0 Å². The van der Waals surface area contributed by atoms with Crippen LogP contribution in [0.5, 0.6) is 5.75 Å². The second-order valence-corrected chi connectivity index (χ2v) is 6.85. The molecule has 0 aliphatic carbocycles. The van der Waals surface area contributed by atoms with Crippen molar-refractivity contribution in [3.63, 3.8) is 0 Å². The van der Waals surface area contributed by atoms with Gasteiger partial charge in [0.1, 0.15) is 29.1 Å². The Morgan fingerprint density at radius 1 is 1.13 bits per heavy atom. The van der Waals surface area contributed by atoms with Crippen LogP contribution in [0.4, 0.5) is 10.1 Å². The number of carbonyl (C=O) groups excluding carboxylic acids is 2. The SMILES string of the molecule is COc1cccc(N2C(=O)C(=O)/C(=C(\O)c3ccc(F)c(C)c3)C2c2ccco2)c1. The molecule has 0 radical (unpaired) electrons. The predicted octanol–water partition coefficient (Wildman–Crippen LogP) is 4.36. The fraction of sp³-hybridized carbons (Fsp3) is 0.130. The first-order valence-electron chi connectivity index (χ1n) is 9.17. The molecule has 4 rings (SSSR count). The highest BCUT2D eigenvalue weighted by Crippen LogP contribution is 2.42. The maximum atomic E-state index is 13.7. The number of aryl methyl sites for hydroxylation is 1. The Morgan fingerprint density at radius 3 is 2.60 bits per heavy atom. The van der Waals surface area contributed by atoms with Crippen LogP contribution in [0.2, 0.25) is 0 Å². The number of nitrogens with zero attached hydrogens (tertiary/aromatic N) is 1. The number of ketones is 1. The number of benzene rings is 2. The number of hydrogen-bond acceptors (Lipinski definition) is 5. The molecule has 1 N–H and O–H groups in total. The topological polar surface area (TPSA) is 80.0 Å². The molecule has 1 atom stereocenters. The first-order valence-corrected chi connectivity index (χ1v) is 9.17. The second kappa shape index (κ2) is 7.51. The molecule has 6 nitrogen and oxygen atoms in total. The lowest BCUT2D eigenvalue weighted by Crippen LogP contribution is -2.29. The van der Waals surface area contributed by atoms with E-state index < -0.39 is 29.3 Å². The van der Waals surface area contributed by atoms with E-state index in [9.17, 15) is 19.1 Å². The van der Waals surface area contributed by atoms with E-state index >= 15 is 0 Å². The molecule has 0 saturated carbocycles. The molecular weight excluding hydrogens is 389 g/mol. The van der Waals surface area contributed by atoms with Gasteiger partial charge >= 0.3 is 0 Å². The lowest BCUT2D eigenvalue weighted by atomic mass is 9.98. The summed E-state index contributed by atoms with van der Waals surface area (Å²) in [4.78, 5) is 27.2. The summed E-state index contributed by atoms with van der Waals surface area (Å²) in [7, 11) is 1.49. The van der Waals surface area contributed by atoms with E-state index in [1.54, 1.807) is 43.3 Å². The number of aliphatic hydroxyl groups excluding tert-OH is 1. The third kappa shape index (κ3) is 3.14. The standard InChI is InChI=1S/C23H18FNO5/c1-13-11-14(8-9-17(13)24)21(26)19-20(18-7-4-10-30-18)25(23(28)22(19)27)15-5-3-6-16(12-15)29-2/h3-12,20,26H,1-2H3/b21-19-. The van der Waals surface area contributed by atoms with Crippen molar-refractivity contribution in [1.29, 1.82) is 0 Å². The largest absolute Gasteiger partial charge is 0.507 e. The molecule has 1 unspecified atom stereocenters. The average Bonchev–Trinajstić information content (AvgIpc) is 3.37. The predicted molar refractivity (Wildman–Crippen MR) is 108 cm³/mol. The van der Waals surface area contributed by atoms with E-state index in [2.05, 4.69) is 0 Å². The van der Waals surface area contributed by atoms with Gasteiger partial charge < -0.3 is 14.3 Å². The van der Waals surface area contributed by atoms with Crippen molar-refractivity contribution in [3.05, 3.63) is 89.1 Å². The molecule has 30 heavy (non-hydrogen) atoms. The van der Waals surface area contributed by atoms with Crippen molar-refractivity contribution in [2.45, 2.75) is 13.0 Å². The number of halogens is 1. The molecule has 2 heterocycles. The molecule has 1 aromatic heterocycles. The highest BCUT2D eigenvalue weighted by atomic mass is 19.1. The average molecular weight is 407 g/mol. The summed E-state index contributed by atoms with van der Waals surface area (Å²) in [6.45, 7) is 1.55. The quantitative estimate of drug-likeness (QED) is 0.395. The lowest BCUT2D eigenvalue weighted by molar-refractivity contribution is -0.132. The maximum Gasteiger partial charge on any atom is 0.300 e. The Balaban J connectivity index is 1.92. The molecule has 0 spiro atoms. The van der Waals surface area contributed by atoms with Gasteiger partial charge in [-0.05, 0) is 55.0 Å². The van der Waals surface area contributed by atoms with E-state index in [1.165, 1.54) is 36.5 Å². The summed E-state index contributed by atoms with van der Waals surface area (Å²) in [6, 6.07) is 12.9. The van der Waals surface area contributed by atoms with Gasteiger partial charge in [-0.2, -0.15) is 0 Å². The Kier molecular flexibility index (Phi) is 4.87. The Labute approximate surface area is 171 Å². The molecule has 1 amide bonds. The van der Waals surface area contributed by atoms with Crippen LogP contribution in [0.3, 0.4) is 0 Å². The molecule has 3 aromatic rings. The Bertz CT molecular complexity index is 1170. The van der Waals surface area contributed by atoms with E-state index in [0.29, 0.717) is 22.8 Å². The van der Waals surface area contributed by atoms with Crippen molar-refractivity contribution in [3.8, 4) is 5.75 Å². The second-order valence-electron chi connectivity index (χ2n) is 6.85. The smallest absolute Gasteiger partial charge is 0.300 e. The van der Waals surface area contributed by atoms with Gasteiger partial charge in [-0.25, -0.2) is 4.39 Å². The first-order chi connectivity index (χ1) is 14.4. The minimum atomic E-state index is -0.988. The molecule has 7 heteroatoms. The van der Waals surface area contributed by atoms with Gasteiger partial charge in [0.15, 0.2) is 0 Å². The van der Waals surface area contributed by atoms with Crippen LogP contribution in [0, 0.1) is 12.7 Å². The zero-order valence-corrected chi connectivity index (χ0v) is 16.3. The summed E-state index contributed by atoms with van der Waals surface area (Å²) >= 11 is 0. The molecule has 1 saturated heterocycles. The van der Waals surface area contributed by atoms with E-state index in [-0.39, 0.29) is 11.1 Å². The van der Waals surface area contributed by atoms with E-state index in [0.717, 1.165) is 0 Å². The summed E-state index contributed by atoms with van der Waals surface area (Å²) in [6.07, 6.45) is 1.42. The summed E-state index contributed by atoms with van der Waals surface area (Å²) in [5, 5.41) is 10.9. The molecule has 2 aromatic carbocycles. The van der Waals surface area contributed by atoms with Gasteiger partial charge in [-0.1, -0.05) is 6.07 Å². The number of anilines is 1. The van der Waals surface area contributed by atoms with Crippen LogP contribution in [-0.4, -0.2) is 23.9 Å². The van der Waals surface area contributed by atoms with Gasteiger partial charge in [0, 0.05) is 17.3 Å². The van der Waals surface area contributed by atoms with Gasteiger partial charge in [0.05, 0.1) is 18.9 Å². The van der Waals surface area contributed by atoms with Crippen molar-refractivity contribution >= 4 is 23.1 Å². The molecule has 0 bridgehead atoms. The number of carbonyl (C=O) groups is 2. The van der Waals surface area contributed by atoms with Crippen molar-refractivity contribution in [1.82, 2.24) is 0 Å². The summed E-state index contributed by atoms with van der Waals surface area (Å²) in [5.41, 5.74) is 0.806. The molecule has 1 aliphatic heterocycles. The normalized spacial score (nSPS) is 18.1. The summed E-state index contributed by atoms with van der Waals surface area (Å²) in [5.74, 6) is -1.71. The molecule has 1 aliphatic rings. The van der Waals surface area contributed by atoms with Crippen LogP contribution in [0.15, 0.2) is 70.9 Å². The van der Waals surface area contributed by atoms with Gasteiger partial charge in [-0.15, -0.1) is 0 Å². The third-order valence-electron chi connectivity index (χ3n) is 5.02. The fourth-order valence-electron chi connectivity index (χ4n) is 3.52. The number of hydrogen-bond donors (Lipinski definition) is 1. The van der Waals surface area contributed by atoms with Crippen molar-refractivity contribution in [2.24, 2.45) is 0 Å². The van der Waals surface area contributed by atoms with Crippen LogP contribution >= 0.6 is 0 Å². The first kappa shape index (κ1) is 19.4. The van der Waals surface area contributed by atoms with Gasteiger partial charge in [0.2, 0.25) is 0 Å². The van der Waals surface area contributed by atoms with Crippen LogP contribution < -0.4 is 9.64 Å². The number of ether oxygens (including phenoxy) is 1. The number of rotatable bonds is 4. The lowest BCUT2D eigenvalue weighted by Gasteiger charge is -2.23. The van der Waals surface area contributed by atoms with Gasteiger partial charge in [-0.3, -0.25) is 14.5 Å². The van der Waals surface area contributed by atoms with Crippen molar-refractivity contribution < 1.29 is 28.2 Å². The maximum absolute atomic E-state index is 13.7. The van der Waals surface area contributed by atoms with Gasteiger partial charge in [0.25, 0.3) is 11.7 Å². The Morgan fingerprint density at radius 2 is 1.93 bits per heavy atom. The molecular formula is C23H18FNO5. The van der Waals surface area contributed by atoms with Crippen LogP contribution in [0.1, 0.15) is 22.9 Å². The molecule has 152 valence electrons. The number of amides is 1. The van der Waals surface area contributed by atoms with E-state index in [4.69, 9.17) is 9.15 Å². The minimum absolute atomic E-state index is 0.135. The number of aliphatic hydroxyl groups is 1.